The molecular weight excluding hydrogens is 220 g/mol. The predicted octanol–water partition coefficient (Wildman–Crippen LogP) is 1.10. The van der Waals surface area contributed by atoms with Gasteiger partial charge < -0.3 is 20.5 Å². The molecular formula is C12H24N2O3. The maximum absolute atomic E-state index is 12.0. The maximum Gasteiger partial charge on any atom is 0.410 e. The number of hydrogen-bond donors (Lipinski definition) is 2. The van der Waals surface area contributed by atoms with Gasteiger partial charge in [-0.3, -0.25) is 0 Å². The van der Waals surface area contributed by atoms with E-state index in [2.05, 4.69) is 0 Å². The van der Waals surface area contributed by atoms with Gasteiger partial charge >= 0.3 is 6.09 Å². The van der Waals surface area contributed by atoms with E-state index < -0.39 is 11.2 Å². The molecule has 0 aliphatic carbocycles. The number of piperidine rings is 1. The minimum atomic E-state index is -0.991. The minimum absolute atomic E-state index is 0.160. The number of carbonyl (C=O) groups is 1. The standard InChI is InChI=1S/C12H24N2O3/c1-9-12(16,8-13)6-5-7-14(9)10(15)17-11(2,3)4/h9,16H,5-8,13H2,1-4H3. The zero-order valence-corrected chi connectivity index (χ0v) is 11.2. The first-order chi connectivity index (χ1) is 7.69. The SMILES string of the molecule is CC1N(C(=O)OC(C)(C)C)CCCC1(O)CN. The summed E-state index contributed by atoms with van der Waals surface area (Å²) in [6, 6.07) is -0.309. The first-order valence-electron chi connectivity index (χ1n) is 6.12. The van der Waals surface area contributed by atoms with E-state index in [4.69, 9.17) is 10.5 Å². The molecule has 3 N–H and O–H groups in total. The van der Waals surface area contributed by atoms with Crippen molar-refractivity contribution in [2.45, 2.75) is 57.8 Å². The average molecular weight is 244 g/mol. The number of hydrogen-bond acceptors (Lipinski definition) is 4. The molecule has 2 atom stereocenters. The van der Waals surface area contributed by atoms with Crippen molar-refractivity contribution in [3.05, 3.63) is 0 Å². The second kappa shape index (κ2) is 4.82. The molecule has 1 rings (SSSR count). The Hall–Kier alpha value is -0.810. The summed E-state index contributed by atoms with van der Waals surface area (Å²) in [5, 5.41) is 10.3. The molecule has 0 aromatic carbocycles. The van der Waals surface area contributed by atoms with Crippen LogP contribution in [-0.4, -0.2) is 46.4 Å². The Labute approximate surface area is 103 Å². The summed E-state index contributed by atoms with van der Waals surface area (Å²) in [7, 11) is 0. The number of likely N-dealkylation sites (tertiary alicyclic amines) is 1. The van der Waals surface area contributed by atoms with E-state index >= 15 is 0 Å². The summed E-state index contributed by atoms with van der Waals surface area (Å²) in [4.78, 5) is 13.6. The Morgan fingerprint density at radius 2 is 2.18 bits per heavy atom. The fraction of sp³-hybridized carbons (Fsp3) is 0.917. The van der Waals surface area contributed by atoms with Gasteiger partial charge in [0.15, 0.2) is 0 Å². The summed E-state index contributed by atoms with van der Waals surface area (Å²) in [6.07, 6.45) is 0.998. The molecule has 100 valence electrons. The first-order valence-corrected chi connectivity index (χ1v) is 6.12. The third kappa shape index (κ3) is 3.33. The van der Waals surface area contributed by atoms with Gasteiger partial charge in [0.05, 0.1) is 11.6 Å². The van der Waals surface area contributed by atoms with Gasteiger partial charge in [-0.1, -0.05) is 0 Å². The molecule has 0 radical (unpaired) electrons. The van der Waals surface area contributed by atoms with Crippen LogP contribution >= 0.6 is 0 Å². The van der Waals surface area contributed by atoms with E-state index in [1.165, 1.54) is 0 Å². The van der Waals surface area contributed by atoms with Crippen LogP contribution in [-0.2, 0) is 4.74 Å². The van der Waals surface area contributed by atoms with Crippen LogP contribution in [0.2, 0.25) is 0 Å². The van der Waals surface area contributed by atoms with E-state index in [0.29, 0.717) is 13.0 Å². The van der Waals surface area contributed by atoms with Gasteiger partial charge in [-0.25, -0.2) is 4.79 Å². The topological polar surface area (TPSA) is 75.8 Å². The Bertz CT molecular complexity index is 288. The van der Waals surface area contributed by atoms with Gasteiger partial charge in [0, 0.05) is 13.1 Å². The van der Waals surface area contributed by atoms with Crippen molar-refractivity contribution >= 4 is 6.09 Å². The Kier molecular flexibility index (Phi) is 4.04. The van der Waals surface area contributed by atoms with E-state index in [1.54, 1.807) is 4.90 Å². The van der Waals surface area contributed by atoms with Crippen molar-refractivity contribution < 1.29 is 14.6 Å². The van der Waals surface area contributed by atoms with Gasteiger partial charge in [0.1, 0.15) is 5.60 Å². The molecule has 0 saturated carbocycles. The van der Waals surface area contributed by atoms with Crippen LogP contribution in [0.15, 0.2) is 0 Å². The van der Waals surface area contributed by atoms with Gasteiger partial charge in [-0.2, -0.15) is 0 Å². The smallest absolute Gasteiger partial charge is 0.410 e. The molecule has 0 aromatic heterocycles. The van der Waals surface area contributed by atoms with Crippen LogP contribution in [0.25, 0.3) is 0 Å². The van der Waals surface area contributed by atoms with E-state index in [-0.39, 0.29) is 18.7 Å². The van der Waals surface area contributed by atoms with Crippen LogP contribution in [0.1, 0.15) is 40.5 Å². The van der Waals surface area contributed by atoms with Gasteiger partial charge in [0.2, 0.25) is 0 Å². The second-order valence-corrected chi connectivity index (χ2v) is 5.76. The monoisotopic (exact) mass is 244 g/mol. The molecule has 2 unspecified atom stereocenters. The van der Waals surface area contributed by atoms with Crippen molar-refractivity contribution in [1.82, 2.24) is 4.90 Å². The lowest BCUT2D eigenvalue weighted by molar-refractivity contribution is -0.0720. The Morgan fingerprint density at radius 3 is 2.65 bits per heavy atom. The normalized spacial score (nSPS) is 30.2. The summed E-state index contributed by atoms with van der Waals surface area (Å²) in [6.45, 7) is 8.07. The molecule has 1 fully saturated rings. The van der Waals surface area contributed by atoms with E-state index in [9.17, 15) is 9.90 Å². The van der Waals surface area contributed by atoms with Crippen LogP contribution in [0, 0.1) is 0 Å². The number of rotatable bonds is 1. The van der Waals surface area contributed by atoms with Crippen molar-refractivity contribution in [3.8, 4) is 0 Å². The van der Waals surface area contributed by atoms with Crippen LogP contribution < -0.4 is 5.73 Å². The molecule has 1 aliphatic heterocycles. The summed E-state index contributed by atoms with van der Waals surface area (Å²) >= 11 is 0. The lowest BCUT2D eigenvalue weighted by Gasteiger charge is -2.44. The molecule has 5 heteroatoms. The lowest BCUT2D eigenvalue weighted by Crippen LogP contribution is -2.60. The third-order valence-electron chi connectivity index (χ3n) is 3.24. The molecule has 0 bridgehead atoms. The molecule has 0 spiro atoms. The van der Waals surface area contributed by atoms with Gasteiger partial charge in [-0.15, -0.1) is 0 Å². The largest absolute Gasteiger partial charge is 0.444 e. The number of nitrogens with zero attached hydrogens (tertiary/aromatic N) is 1. The van der Waals surface area contributed by atoms with Crippen LogP contribution in [0.5, 0.6) is 0 Å². The van der Waals surface area contributed by atoms with E-state index in [1.807, 2.05) is 27.7 Å². The maximum atomic E-state index is 12.0. The quantitative estimate of drug-likeness (QED) is 0.724. The Morgan fingerprint density at radius 1 is 1.59 bits per heavy atom. The molecule has 17 heavy (non-hydrogen) atoms. The molecule has 1 saturated heterocycles. The van der Waals surface area contributed by atoms with Crippen molar-refractivity contribution in [3.63, 3.8) is 0 Å². The van der Waals surface area contributed by atoms with Crippen molar-refractivity contribution in [2.75, 3.05) is 13.1 Å². The second-order valence-electron chi connectivity index (χ2n) is 5.76. The van der Waals surface area contributed by atoms with Crippen molar-refractivity contribution in [2.24, 2.45) is 5.73 Å². The highest BCUT2D eigenvalue weighted by Crippen LogP contribution is 2.28. The van der Waals surface area contributed by atoms with Gasteiger partial charge in [-0.05, 0) is 40.5 Å². The van der Waals surface area contributed by atoms with E-state index in [0.717, 1.165) is 6.42 Å². The zero-order valence-electron chi connectivity index (χ0n) is 11.2. The fourth-order valence-corrected chi connectivity index (χ4v) is 2.09. The number of amides is 1. The molecule has 1 aliphatic rings. The minimum Gasteiger partial charge on any atom is -0.444 e. The number of aliphatic hydroxyl groups is 1. The highest BCUT2D eigenvalue weighted by atomic mass is 16.6. The zero-order chi connectivity index (χ0) is 13.3. The highest BCUT2D eigenvalue weighted by Gasteiger charge is 2.42. The highest BCUT2D eigenvalue weighted by molar-refractivity contribution is 5.69. The average Bonchev–Trinajstić information content (AvgIpc) is 2.19. The third-order valence-corrected chi connectivity index (χ3v) is 3.24. The summed E-state index contributed by atoms with van der Waals surface area (Å²) in [5.41, 5.74) is 4.08. The van der Waals surface area contributed by atoms with Crippen molar-refractivity contribution in [1.29, 1.82) is 0 Å². The van der Waals surface area contributed by atoms with Crippen LogP contribution in [0.4, 0.5) is 4.79 Å². The molecule has 1 heterocycles. The number of ether oxygens (including phenoxy) is 1. The summed E-state index contributed by atoms with van der Waals surface area (Å²) < 4.78 is 5.32. The van der Waals surface area contributed by atoms with Gasteiger partial charge in [0.25, 0.3) is 0 Å². The molecule has 1 amide bonds. The lowest BCUT2D eigenvalue weighted by atomic mass is 9.85. The first kappa shape index (κ1) is 14.3. The molecule has 0 aromatic rings. The number of carbonyl (C=O) groups excluding carboxylic acids is 1. The summed E-state index contributed by atoms with van der Waals surface area (Å²) in [5.74, 6) is 0. The molecule has 5 nitrogen and oxygen atoms in total. The number of nitrogens with two attached hydrogens (primary N) is 1. The Balaban J connectivity index is 2.74. The van der Waals surface area contributed by atoms with Crippen LogP contribution in [0.3, 0.4) is 0 Å². The fourth-order valence-electron chi connectivity index (χ4n) is 2.09. The predicted molar refractivity (Wildman–Crippen MR) is 65.6 cm³/mol.